The molecule has 3 heterocycles. The van der Waals surface area contributed by atoms with E-state index in [1.54, 1.807) is 6.20 Å². The zero-order valence-electron chi connectivity index (χ0n) is 15.0. The number of carbonyl (C=O) groups is 1. The van der Waals surface area contributed by atoms with Crippen molar-refractivity contribution < 1.29 is 9.53 Å². The summed E-state index contributed by atoms with van der Waals surface area (Å²) in [7, 11) is 0. The van der Waals surface area contributed by atoms with Gasteiger partial charge >= 0.3 is 0 Å². The third kappa shape index (κ3) is 3.64. The van der Waals surface area contributed by atoms with Gasteiger partial charge in [-0.2, -0.15) is 0 Å². The van der Waals surface area contributed by atoms with E-state index >= 15 is 0 Å². The summed E-state index contributed by atoms with van der Waals surface area (Å²) in [6.07, 6.45) is 3.71. The lowest BCUT2D eigenvalue weighted by molar-refractivity contribution is -0.0693. The lowest BCUT2D eigenvalue weighted by Gasteiger charge is -2.36. The monoisotopic (exact) mass is 355 g/mol. The highest BCUT2D eigenvalue weighted by Gasteiger charge is 2.31. The minimum Gasteiger partial charge on any atom is -0.367 e. The van der Waals surface area contributed by atoms with Gasteiger partial charge in [0.25, 0.3) is 5.91 Å². The predicted molar refractivity (Wildman–Crippen MR) is 96.8 cm³/mol. The highest BCUT2D eigenvalue weighted by molar-refractivity contribution is 5.92. The Kier molecular flexibility index (Phi) is 4.99. The maximum absolute atomic E-state index is 13.0. The molecule has 1 aromatic carbocycles. The summed E-state index contributed by atoms with van der Waals surface area (Å²) in [6, 6.07) is 10.4. The van der Waals surface area contributed by atoms with Crippen molar-refractivity contribution in [2.75, 3.05) is 26.2 Å². The van der Waals surface area contributed by atoms with Crippen LogP contribution in [-0.4, -0.2) is 58.1 Å². The summed E-state index contributed by atoms with van der Waals surface area (Å²) >= 11 is 0. The molecular weight excluding hydrogens is 330 g/mol. The first kappa shape index (κ1) is 17.2. The summed E-state index contributed by atoms with van der Waals surface area (Å²) < 4.78 is 7.90. The van der Waals surface area contributed by atoms with E-state index in [0.717, 1.165) is 31.5 Å². The van der Waals surface area contributed by atoms with Crippen LogP contribution in [0, 0.1) is 0 Å². The quantitative estimate of drug-likeness (QED) is 0.909. The molecule has 0 spiro atoms. The molecule has 1 N–H and O–H groups in total. The molecule has 7 nitrogen and oxygen atoms in total. The first-order valence-corrected chi connectivity index (χ1v) is 9.33. The number of morpholine rings is 1. The Bertz CT molecular complexity index is 741. The smallest absolute Gasteiger partial charge is 0.276 e. The van der Waals surface area contributed by atoms with Gasteiger partial charge in [0.1, 0.15) is 6.10 Å². The van der Waals surface area contributed by atoms with Crippen LogP contribution >= 0.6 is 0 Å². The van der Waals surface area contributed by atoms with Crippen LogP contribution in [0.5, 0.6) is 0 Å². The molecule has 0 radical (unpaired) electrons. The fraction of sp³-hybridized carbons (Fsp3) is 0.526. The Labute approximate surface area is 153 Å². The minimum atomic E-state index is -0.108. The van der Waals surface area contributed by atoms with Crippen LogP contribution in [0.25, 0.3) is 0 Å². The molecule has 0 saturated carbocycles. The summed E-state index contributed by atoms with van der Waals surface area (Å²) in [5.41, 5.74) is 1.51. The van der Waals surface area contributed by atoms with Gasteiger partial charge in [-0.15, -0.1) is 5.10 Å². The number of carbonyl (C=O) groups excluding carboxylic acids is 1. The number of piperidine rings is 1. The number of aromatic nitrogens is 3. The fourth-order valence-electron chi connectivity index (χ4n) is 3.76. The van der Waals surface area contributed by atoms with Crippen molar-refractivity contribution in [1.29, 1.82) is 0 Å². The van der Waals surface area contributed by atoms with E-state index in [2.05, 4.69) is 15.6 Å². The second-order valence-electron chi connectivity index (χ2n) is 7.12. The second-order valence-corrected chi connectivity index (χ2v) is 7.12. The van der Waals surface area contributed by atoms with E-state index in [-0.39, 0.29) is 18.1 Å². The summed E-state index contributed by atoms with van der Waals surface area (Å²) in [6.45, 7) is 5.07. The normalized spacial score (nSPS) is 24.6. The van der Waals surface area contributed by atoms with Gasteiger partial charge in [-0.05, 0) is 38.4 Å². The Balaban J connectivity index is 1.47. The van der Waals surface area contributed by atoms with Gasteiger partial charge in [0, 0.05) is 6.54 Å². The maximum Gasteiger partial charge on any atom is 0.276 e. The van der Waals surface area contributed by atoms with E-state index < -0.39 is 0 Å². The number of benzene rings is 1. The van der Waals surface area contributed by atoms with Gasteiger partial charge in [0.15, 0.2) is 5.69 Å². The molecule has 2 aromatic rings. The molecule has 2 fully saturated rings. The molecule has 1 amide bonds. The molecule has 1 aromatic heterocycles. The van der Waals surface area contributed by atoms with Gasteiger partial charge in [-0.25, -0.2) is 4.68 Å². The van der Waals surface area contributed by atoms with E-state index in [4.69, 9.17) is 4.74 Å². The third-order valence-corrected chi connectivity index (χ3v) is 5.13. The molecule has 138 valence electrons. The van der Waals surface area contributed by atoms with E-state index in [1.807, 2.05) is 46.8 Å². The standard InChI is InChI=1S/C19H25N5O2/c1-14-11-23(13-18(26-14)15-5-3-2-4-6-15)19(25)17-12-24(22-21-17)16-7-9-20-10-8-16/h2-6,12,14,16,18,20H,7-11,13H2,1H3/t14-,18+/m0/s1. The molecule has 4 rings (SSSR count). The number of hydrogen-bond acceptors (Lipinski definition) is 5. The second kappa shape index (κ2) is 7.55. The highest BCUT2D eigenvalue weighted by atomic mass is 16.5. The molecule has 0 unspecified atom stereocenters. The molecule has 0 aliphatic carbocycles. The molecule has 2 aliphatic rings. The van der Waals surface area contributed by atoms with Crippen molar-refractivity contribution in [3.05, 3.63) is 47.8 Å². The Morgan fingerprint density at radius 2 is 1.96 bits per heavy atom. The van der Waals surface area contributed by atoms with Crippen LogP contribution in [0.3, 0.4) is 0 Å². The van der Waals surface area contributed by atoms with Crippen molar-refractivity contribution in [3.63, 3.8) is 0 Å². The van der Waals surface area contributed by atoms with Gasteiger partial charge in [0.2, 0.25) is 0 Å². The first-order chi connectivity index (χ1) is 12.7. The predicted octanol–water partition coefficient (Wildman–Crippen LogP) is 1.80. The topological polar surface area (TPSA) is 72.3 Å². The highest BCUT2D eigenvalue weighted by Crippen LogP contribution is 2.26. The Morgan fingerprint density at radius 3 is 2.73 bits per heavy atom. The van der Waals surface area contributed by atoms with Crippen LogP contribution < -0.4 is 5.32 Å². The van der Waals surface area contributed by atoms with E-state index in [1.165, 1.54) is 0 Å². The summed E-state index contributed by atoms with van der Waals surface area (Å²) in [5.74, 6) is -0.0683. The summed E-state index contributed by atoms with van der Waals surface area (Å²) in [4.78, 5) is 14.8. The number of hydrogen-bond donors (Lipinski definition) is 1. The summed E-state index contributed by atoms with van der Waals surface area (Å²) in [5, 5.41) is 11.7. The number of amides is 1. The van der Waals surface area contributed by atoms with Gasteiger partial charge in [-0.3, -0.25) is 4.79 Å². The Hall–Kier alpha value is -2.25. The average Bonchev–Trinajstić information content (AvgIpc) is 3.18. The number of nitrogens with one attached hydrogen (secondary N) is 1. The number of rotatable bonds is 3. The molecule has 2 atom stereocenters. The molecule has 0 bridgehead atoms. The first-order valence-electron chi connectivity index (χ1n) is 9.33. The van der Waals surface area contributed by atoms with Crippen molar-refractivity contribution >= 4 is 5.91 Å². The molecule has 7 heteroatoms. The zero-order valence-corrected chi connectivity index (χ0v) is 15.0. The van der Waals surface area contributed by atoms with E-state index in [0.29, 0.717) is 24.8 Å². The Morgan fingerprint density at radius 1 is 1.19 bits per heavy atom. The van der Waals surface area contributed by atoms with Gasteiger partial charge < -0.3 is 15.0 Å². The maximum atomic E-state index is 13.0. The van der Waals surface area contributed by atoms with Gasteiger partial charge in [0.05, 0.1) is 24.9 Å². The van der Waals surface area contributed by atoms with Crippen LogP contribution in [0.4, 0.5) is 0 Å². The average molecular weight is 355 g/mol. The molecular formula is C19H25N5O2. The van der Waals surface area contributed by atoms with Crippen LogP contribution in [-0.2, 0) is 4.74 Å². The van der Waals surface area contributed by atoms with E-state index in [9.17, 15) is 4.79 Å². The van der Waals surface area contributed by atoms with Gasteiger partial charge in [-0.1, -0.05) is 35.5 Å². The van der Waals surface area contributed by atoms with Crippen LogP contribution in [0.2, 0.25) is 0 Å². The fourth-order valence-corrected chi connectivity index (χ4v) is 3.76. The van der Waals surface area contributed by atoms with Crippen LogP contribution in [0.1, 0.15) is 48.0 Å². The van der Waals surface area contributed by atoms with Crippen molar-refractivity contribution in [2.45, 2.75) is 38.0 Å². The third-order valence-electron chi connectivity index (χ3n) is 5.13. The lowest BCUT2D eigenvalue weighted by atomic mass is 10.1. The van der Waals surface area contributed by atoms with Crippen molar-refractivity contribution in [1.82, 2.24) is 25.2 Å². The van der Waals surface area contributed by atoms with Crippen molar-refractivity contribution in [3.8, 4) is 0 Å². The van der Waals surface area contributed by atoms with Crippen LogP contribution in [0.15, 0.2) is 36.5 Å². The minimum absolute atomic E-state index is 0.0163. The largest absolute Gasteiger partial charge is 0.367 e. The lowest BCUT2D eigenvalue weighted by Crippen LogP contribution is -2.46. The number of nitrogens with zero attached hydrogens (tertiary/aromatic N) is 4. The molecule has 2 saturated heterocycles. The van der Waals surface area contributed by atoms with Crippen molar-refractivity contribution in [2.24, 2.45) is 0 Å². The zero-order chi connectivity index (χ0) is 17.9. The molecule has 26 heavy (non-hydrogen) atoms. The SMILES string of the molecule is C[C@H]1CN(C(=O)c2cn(C3CCNCC3)nn2)C[C@H](c2ccccc2)O1. The number of ether oxygens (including phenoxy) is 1. The molecule has 2 aliphatic heterocycles.